The van der Waals surface area contributed by atoms with E-state index in [1.165, 1.54) is 0 Å². The second kappa shape index (κ2) is 3.54. The molecule has 0 radical (unpaired) electrons. The van der Waals surface area contributed by atoms with Gasteiger partial charge in [0, 0.05) is 0 Å². The highest BCUT2D eigenvalue weighted by Gasteiger charge is 2.32. The van der Waals surface area contributed by atoms with Crippen molar-refractivity contribution in [3.63, 3.8) is 0 Å². The Morgan fingerprint density at radius 3 is 1.64 bits per heavy atom. The molecule has 9 heteroatoms. The van der Waals surface area contributed by atoms with Crippen molar-refractivity contribution in [3.05, 3.63) is 0 Å². The maximum Gasteiger partial charge on any atom is 0.343 e. The molecule has 0 saturated heterocycles. The van der Waals surface area contributed by atoms with Crippen LogP contribution in [0.3, 0.4) is 0 Å². The van der Waals surface area contributed by atoms with Crippen LogP contribution in [0.25, 0.3) is 0 Å². The molecule has 0 aliphatic rings. The van der Waals surface area contributed by atoms with Crippen LogP contribution in [0.2, 0.25) is 0 Å². The summed E-state index contributed by atoms with van der Waals surface area (Å²) in [6, 6.07) is 0. The molecular weight excluding hydrogens is 217 g/mol. The molecule has 0 spiro atoms. The van der Waals surface area contributed by atoms with Crippen molar-refractivity contribution < 1.29 is 28.7 Å². The zero-order chi connectivity index (χ0) is 9.28. The zero-order valence-corrected chi connectivity index (χ0v) is 7.71. The molecule has 0 saturated carbocycles. The van der Waals surface area contributed by atoms with Gasteiger partial charge in [-0.05, 0) is 0 Å². The lowest BCUT2D eigenvalue weighted by molar-refractivity contribution is 0.356. The molecule has 11 heavy (non-hydrogen) atoms. The van der Waals surface area contributed by atoms with E-state index in [9.17, 15) is 9.13 Å². The van der Waals surface area contributed by atoms with Crippen LogP contribution in [0.15, 0.2) is 0 Å². The molecular formula is C2H7ClO6P2. The molecule has 0 aromatic carbocycles. The van der Waals surface area contributed by atoms with Crippen molar-refractivity contribution in [2.24, 2.45) is 0 Å². The Bertz CT molecular complexity index is 215. The molecule has 0 heterocycles. The number of hydrogen-bond acceptors (Lipinski definition) is 2. The first-order chi connectivity index (χ1) is 4.63. The van der Waals surface area contributed by atoms with Crippen LogP contribution in [-0.4, -0.2) is 30.9 Å². The smallest absolute Gasteiger partial charge is 0.324 e. The molecule has 0 amide bonds. The number of alkyl halides is 1. The molecule has 0 aliphatic heterocycles. The van der Waals surface area contributed by atoms with Gasteiger partial charge in [0.1, 0.15) is 5.12 Å². The average Bonchev–Trinajstić information content (AvgIpc) is 1.56. The summed E-state index contributed by atoms with van der Waals surface area (Å²) >= 11 is 4.99. The lowest BCUT2D eigenvalue weighted by atomic mass is 10.9. The molecule has 1 unspecified atom stereocenters. The highest BCUT2D eigenvalue weighted by Crippen LogP contribution is 2.50. The minimum atomic E-state index is -4.58. The summed E-state index contributed by atoms with van der Waals surface area (Å²) in [7, 11) is -9.02. The molecule has 1 atom stereocenters. The Morgan fingerprint density at radius 1 is 1.18 bits per heavy atom. The van der Waals surface area contributed by atoms with E-state index in [-0.39, 0.29) is 0 Å². The van der Waals surface area contributed by atoms with Gasteiger partial charge in [-0.15, -0.1) is 11.6 Å². The Morgan fingerprint density at radius 2 is 1.55 bits per heavy atom. The van der Waals surface area contributed by atoms with E-state index >= 15 is 0 Å². The quantitative estimate of drug-likeness (QED) is 0.393. The SMILES string of the molecule is O=P(O)(O)CC(Cl)P(=O)(O)O. The third kappa shape index (κ3) is 5.82. The number of halogens is 1. The van der Waals surface area contributed by atoms with Crippen molar-refractivity contribution in [1.82, 2.24) is 0 Å². The zero-order valence-electron chi connectivity index (χ0n) is 5.16. The monoisotopic (exact) mass is 224 g/mol. The maximum absolute atomic E-state index is 10.2. The fourth-order valence-corrected chi connectivity index (χ4v) is 2.72. The predicted molar refractivity (Wildman–Crippen MR) is 38.6 cm³/mol. The molecule has 0 aromatic heterocycles. The van der Waals surface area contributed by atoms with Crippen LogP contribution in [-0.2, 0) is 9.13 Å². The van der Waals surface area contributed by atoms with E-state index in [2.05, 4.69) is 0 Å². The van der Waals surface area contributed by atoms with Crippen molar-refractivity contribution in [2.75, 3.05) is 6.16 Å². The predicted octanol–water partition coefficient (Wildman–Crippen LogP) is -0.0933. The lowest BCUT2D eigenvalue weighted by Crippen LogP contribution is -2.06. The normalized spacial score (nSPS) is 16.5. The molecule has 4 N–H and O–H groups in total. The van der Waals surface area contributed by atoms with Crippen LogP contribution in [0.4, 0.5) is 0 Å². The van der Waals surface area contributed by atoms with E-state index < -0.39 is 26.5 Å². The van der Waals surface area contributed by atoms with Crippen molar-refractivity contribution >= 4 is 26.8 Å². The number of rotatable bonds is 3. The van der Waals surface area contributed by atoms with Crippen LogP contribution >= 0.6 is 26.8 Å². The van der Waals surface area contributed by atoms with Gasteiger partial charge in [-0.25, -0.2) is 0 Å². The van der Waals surface area contributed by atoms with Gasteiger partial charge in [0.25, 0.3) is 0 Å². The molecule has 0 aromatic rings. The Balaban J connectivity index is 4.22. The van der Waals surface area contributed by atoms with Crippen molar-refractivity contribution in [2.45, 2.75) is 5.12 Å². The van der Waals surface area contributed by atoms with Crippen LogP contribution < -0.4 is 0 Å². The van der Waals surface area contributed by atoms with Gasteiger partial charge in [-0.3, -0.25) is 9.13 Å². The van der Waals surface area contributed by atoms with Gasteiger partial charge < -0.3 is 19.6 Å². The Kier molecular flexibility index (Phi) is 3.73. The van der Waals surface area contributed by atoms with Crippen molar-refractivity contribution in [3.8, 4) is 0 Å². The summed E-state index contributed by atoms with van der Waals surface area (Å²) in [5.74, 6) is 0. The third-order valence-electron chi connectivity index (χ3n) is 0.753. The fraction of sp³-hybridized carbons (Fsp3) is 1.00. The van der Waals surface area contributed by atoms with E-state index in [1.54, 1.807) is 0 Å². The highest BCUT2D eigenvalue weighted by molar-refractivity contribution is 7.58. The van der Waals surface area contributed by atoms with Crippen LogP contribution in [0.5, 0.6) is 0 Å². The second-order valence-corrected chi connectivity index (χ2v) is 6.20. The number of hydrogen-bond donors (Lipinski definition) is 4. The van der Waals surface area contributed by atoms with Gasteiger partial charge in [0.05, 0.1) is 6.16 Å². The summed E-state index contributed by atoms with van der Waals surface area (Å²) in [5, 5.41) is -1.82. The highest BCUT2D eigenvalue weighted by atomic mass is 35.5. The summed E-state index contributed by atoms with van der Waals surface area (Å²) in [5.41, 5.74) is 0. The lowest BCUT2D eigenvalue weighted by Gasteiger charge is -2.11. The summed E-state index contributed by atoms with van der Waals surface area (Å²) in [4.78, 5) is 33.0. The summed E-state index contributed by atoms with van der Waals surface area (Å²) in [6.07, 6.45) is -1.02. The first-order valence-electron chi connectivity index (χ1n) is 2.37. The van der Waals surface area contributed by atoms with Gasteiger partial charge in [-0.1, -0.05) is 0 Å². The summed E-state index contributed by atoms with van der Waals surface area (Å²) < 4.78 is 20.4. The van der Waals surface area contributed by atoms with Crippen LogP contribution in [0, 0.1) is 0 Å². The topological polar surface area (TPSA) is 115 Å². The molecule has 0 bridgehead atoms. The molecule has 6 nitrogen and oxygen atoms in total. The maximum atomic E-state index is 10.2. The van der Waals surface area contributed by atoms with Crippen LogP contribution in [0.1, 0.15) is 0 Å². The largest absolute Gasteiger partial charge is 0.343 e. The van der Waals surface area contributed by atoms with E-state index in [1.807, 2.05) is 0 Å². The molecule has 0 rings (SSSR count). The second-order valence-electron chi connectivity index (χ2n) is 1.87. The summed E-state index contributed by atoms with van der Waals surface area (Å²) in [6.45, 7) is 0. The average molecular weight is 224 g/mol. The molecule has 0 aliphatic carbocycles. The minimum Gasteiger partial charge on any atom is -0.324 e. The first-order valence-corrected chi connectivity index (χ1v) is 6.28. The van der Waals surface area contributed by atoms with E-state index in [4.69, 9.17) is 31.2 Å². The standard InChI is InChI=1S/C2H7ClO6P2/c3-2(11(7,8)9)1-10(4,5)6/h2H,1H2,(H2,4,5,6)(H2,7,8,9). The van der Waals surface area contributed by atoms with Gasteiger partial charge in [0.15, 0.2) is 0 Å². The van der Waals surface area contributed by atoms with Gasteiger partial charge >= 0.3 is 15.2 Å². The first kappa shape index (κ1) is 11.6. The van der Waals surface area contributed by atoms with Gasteiger partial charge in [0.2, 0.25) is 0 Å². The van der Waals surface area contributed by atoms with E-state index in [0.29, 0.717) is 0 Å². The molecule has 68 valence electrons. The van der Waals surface area contributed by atoms with Gasteiger partial charge in [-0.2, -0.15) is 0 Å². The Hall–Kier alpha value is 0.590. The third-order valence-corrected chi connectivity index (χ3v) is 3.93. The Labute approximate surface area is 67.5 Å². The fourth-order valence-electron chi connectivity index (χ4n) is 0.303. The molecule has 0 fully saturated rings. The minimum absolute atomic E-state index is 1.02. The van der Waals surface area contributed by atoms with Crippen molar-refractivity contribution in [1.29, 1.82) is 0 Å². The van der Waals surface area contributed by atoms with E-state index in [0.717, 1.165) is 0 Å².